The van der Waals surface area contributed by atoms with E-state index in [4.69, 9.17) is 15.2 Å². The monoisotopic (exact) mass is 339 g/mol. The summed E-state index contributed by atoms with van der Waals surface area (Å²) in [7, 11) is 0. The number of aromatic nitrogens is 4. The Kier molecular flexibility index (Phi) is 4.32. The van der Waals surface area contributed by atoms with Gasteiger partial charge in [0.1, 0.15) is 23.8 Å². The van der Waals surface area contributed by atoms with Gasteiger partial charge in [0.2, 0.25) is 0 Å². The van der Waals surface area contributed by atoms with Gasteiger partial charge in [-0.2, -0.15) is 0 Å². The zero-order chi connectivity index (χ0) is 17.4. The van der Waals surface area contributed by atoms with Gasteiger partial charge >= 0.3 is 5.97 Å². The fourth-order valence-corrected chi connectivity index (χ4v) is 2.51. The average molecular weight is 339 g/mol. The number of rotatable bonds is 4. The first-order chi connectivity index (χ1) is 11.4. The fourth-order valence-electron chi connectivity index (χ4n) is 2.51. The van der Waals surface area contributed by atoms with Crippen LogP contribution in [0.15, 0.2) is 6.33 Å². The zero-order valence-electron chi connectivity index (χ0n) is 12.7. The van der Waals surface area contributed by atoms with E-state index in [9.17, 15) is 20.1 Å². The molecule has 2 aromatic heterocycles. The molecule has 4 atom stereocenters. The molecule has 0 bridgehead atoms. The molecule has 0 aromatic carbocycles. The molecule has 0 spiro atoms. The number of nitrogens with two attached hydrogens (primary N) is 1. The summed E-state index contributed by atoms with van der Waals surface area (Å²) in [6, 6.07) is 0. The first-order valence-electron chi connectivity index (χ1n) is 7.17. The van der Waals surface area contributed by atoms with Crippen LogP contribution in [-0.4, -0.2) is 65.7 Å². The van der Waals surface area contributed by atoms with Crippen LogP contribution in [0.25, 0.3) is 11.2 Å². The molecule has 1 aliphatic heterocycles. The number of aliphatic hydroxyl groups excluding tert-OH is 3. The zero-order valence-corrected chi connectivity index (χ0v) is 12.7. The third kappa shape index (κ3) is 2.78. The van der Waals surface area contributed by atoms with Crippen molar-refractivity contribution in [1.82, 2.24) is 19.5 Å². The van der Waals surface area contributed by atoms with Crippen molar-refractivity contribution >= 4 is 23.0 Å². The van der Waals surface area contributed by atoms with Crippen molar-refractivity contribution in [3.8, 4) is 0 Å². The van der Waals surface area contributed by atoms with Crippen molar-refractivity contribution in [3.05, 3.63) is 12.2 Å². The molecule has 24 heavy (non-hydrogen) atoms. The summed E-state index contributed by atoms with van der Waals surface area (Å²) < 4.78 is 11.7. The lowest BCUT2D eigenvalue weighted by Crippen LogP contribution is -2.33. The van der Waals surface area contributed by atoms with Crippen LogP contribution in [0.5, 0.6) is 0 Å². The van der Waals surface area contributed by atoms with Gasteiger partial charge in [-0.1, -0.05) is 0 Å². The first kappa shape index (κ1) is 16.5. The van der Waals surface area contributed by atoms with Gasteiger partial charge in [0.05, 0.1) is 12.9 Å². The number of hydrogen-bond donors (Lipinski definition) is 4. The highest BCUT2D eigenvalue weighted by Crippen LogP contribution is 2.31. The number of imidazole rings is 1. The maximum Gasteiger partial charge on any atom is 0.303 e. The van der Waals surface area contributed by atoms with Crippen LogP contribution in [-0.2, 0) is 20.9 Å². The number of aliphatic hydroxyl groups is 3. The van der Waals surface area contributed by atoms with E-state index < -0.39 is 37.1 Å². The standard InChI is InChI=1S/C13H17N5O6/c1-5(20)23-3-7-16-11(14)8-12(17-7)18(4-15-8)13-10(22)9(21)6(2-19)24-13/h4,6,9-10,13,19,21-22H,2-3H2,1H3,(H2,14,16,17)/t6-,9?,10?,13-/m1/s1. The molecule has 2 aromatic rings. The van der Waals surface area contributed by atoms with Crippen molar-refractivity contribution in [1.29, 1.82) is 0 Å². The number of nitrogen functional groups attached to an aromatic ring is 1. The summed E-state index contributed by atoms with van der Waals surface area (Å²) >= 11 is 0. The molecule has 0 aliphatic carbocycles. The number of carbonyl (C=O) groups excluding carboxylic acids is 1. The fraction of sp³-hybridized carbons (Fsp3) is 0.538. The van der Waals surface area contributed by atoms with Gasteiger partial charge in [0.15, 0.2) is 30.1 Å². The van der Waals surface area contributed by atoms with Gasteiger partial charge in [-0.05, 0) is 0 Å². The lowest BCUT2D eigenvalue weighted by atomic mass is 10.1. The molecule has 3 rings (SSSR count). The van der Waals surface area contributed by atoms with Crippen LogP contribution in [0, 0.1) is 0 Å². The Labute approximate surface area is 135 Å². The quantitative estimate of drug-likeness (QED) is 0.461. The highest BCUT2D eigenvalue weighted by Gasteiger charge is 2.44. The van der Waals surface area contributed by atoms with Gasteiger partial charge in [-0.25, -0.2) is 15.0 Å². The number of esters is 1. The van der Waals surface area contributed by atoms with E-state index in [0.717, 1.165) is 0 Å². The highest BCUT2D eigenvalue weighted by molar-refractivity contribution is 5.81. The van der Waals surface area contributed by atoms with Crippen molar-refractivity contribution in [2.24, 2.45) is 0 Å². The summed E-state index contributed by atoms with van der Waals surface area (Å²) in [6.07, 6.45) is -3.13. The van der Waals surface area contributed by atoms with E-state index in [0.29, 0.717) is 0 Å². The molecular weight excluding hydrogens is 322 g/mol. The van der Waals surface area contributed by atoms with Gasteiger partial charge in [0.25, 0.3) is 0 Å². The summed E-state index contributed by atoms with van der Waals surface area (Å²) in [5.74, 6) is -0.259. The number of fused-ring (bicyclic) bond motifs is 1. The second-order valence-electron chi connectivity index (χ2n) is 5.36. The topological polar surface area (TPSA) is 166 Å². The highest BCUT2D eigenvalue weighted by atomic mass is 16.6. The molecule has 11 heteroatoms. The lowest BCUT2D eigenvalue weighted by molar-refractivity contribution is -0.142. The molecule has 1 aliphatic rings. The largest absolute Gasteiger partial charge is 0.458 e. The molecule has 11 nitrogen and oxygen atoms in total. The molecule has 2 unspecified atom stereocenters. The molecule has 1 saturated heterocycles. The Morgan fingerprint density at radius 3 is 2.79 bits per heavy atom. The molecule has 130 valence electrons. The Bertz CT molecular complexity index is 765. The number of hydrogen-bond acceptors (Lipinski definition) is 10. The van der Waals surface area contributed by atoms with Crippen molar-refractivity contribution in [2.45, 2.75) is 38.1 Å². The lowest BCUT2D eigenvalue weighted by Gasteiger charge is -2.16. The summed E-state index contributed by atoms with van der Waals surface area (Å²) in [5, 5.41) is 29.2. The minimum absolute atomic E-state index is 0.0765. The first-order valence-corrected chi connectivity index (χ1v) is 7.17. The second kappa shape index (κ2) is 6.28. The van der Waals surface area contributed by atoms with E-state index in [2.05, 4.69) is 15.0 Å². The molecular formula is C13H17N5O6. The number of ether oxygens (including phenoxy) is 2. The van der Waals surface area contributed by atoms with Crippen LogP contribution in [0.3, 0.4) is 0 Å². The van der Waals surface area contributed by atoms with Crippen LogP contribution >= 0.6 is 0 Å². The van der Waals surface area contributed by atoms with E-state index >= 15 is 0 Å². The molecule has 3 heterocycles. The SMILES string of the molecule is CC(=O)OCc1nc(N)c2ncn([C@@H]3O[C@H](CO)C(O)C3O)c2n1. The van der Waals surface area contributed by atoms with Crippen LogP contribution in [0.4, 0.5) is 5.82 Å². The normalized spacial score (nSPS) is 26.8. The second-order valence-corrected chi connectivity index (χ2v) is 5.36. The number of nitrogens with zero attached hydrogens (tertiary/aromatic N) is 4. The smallest absolute Gasteiger partial charge is 0.303 e. The van der Waals surface area contributed by atoms with Crippen LogP contribution in [0.2, 0.25) is 0 Å². The Morgan fingerprint density at radius 2 is 2.17 bits per heavy atom. The predicted octanol–water partition coefficient (Wildman–Crippen LogP) is -1.92. The third-order valence-electron chi connectivity index (χ3n) is 3.69. The Morgan fingerprint density at radius 1 is 1.42 bits per heavy atom. The van der Waals surface area contributed by atoms with E-state index in [1.54, 1.807) is 0 Å². The summed E-state index contributed by atoms with van der Waals surface area (Å²) in [6.45, 7) is 0.637. The van der Waals surface area contributed by atoms with E-state index in [1.807, 2.05) is 0 Å². The minimum Gasteiger partial charge on any atom is -0.458 e. The van der Waals surface area contributed by atoms with Crippen molar-refractivity contribution in [2.75, 3.05) is 12.3 Å². The maximum atomic E-state index is 10.9. The third-order valence-corrected chi connectivity index (χ3v) is 3.69. The van der Waals surface area contributed by atoms with Gasteiger partial charge < -0.3 is 30.5 Å². The number of anilines is 1. The Balaban J connectivity index is 1.98. The van der Waals surface area contributed by atoms with E-state index in [-0.39, 0.29) is 29.4 Å². The average Bonchev–Trinajstić information content (AvgIpc) is 3.08. The molecule has 0 saturated carbocycles. The van der Waals surface area contributed by atoms with E-state index in [1.165, 1.54) is 17.8 Å². The summed E-state index contributed by atoms with van der Waals surface area (Å²) in [4.78, 5) is 23.2. The van der Waals surface area contributed by atoms with Crippen molar-refractivity contribution in [3.63, 3.8) is 0 Å². The minimum atomic E-state index is -1.28. The molecule has 0 radical (unpaired) electrons. The van der Waals surface area contributed by atoms with Gasteiger partial charge in [-0.15, -0.1) is 0 Å². The predicted molar refractivity (Wildman–Crippen MR) is 78.2 cm³/mol. The summed E-state index contributed by atoms with van der Waals surface area (Å²) in [5.41, 5.74) is 6.36. The number of carbonyl (C=O) groups is 1. The van der Waals surface area contributed by atoms with Crippen LogP contribution in [0.1, 0.15) is 19.0 Å². The molecule has 0 amide bonds. The van der Waals surface area contributed by atoms with Gasteiger partial charge in [0, 0.05) is 6.92 Å². The maximum absolute atomic E-state index is 10.9. The van der Waals surface area contributed by atoms with Gasteiger partial charge in [-0.3, -0.25) is 9.36 Å². The van der Waals surface area contributed by atoms with Crippen molar-refractivity contribution < 1.29 is 29.6 Å². The molecule has 5 N–H and O–H groups in total. The van der Waals surface area contributed by atoms with Crippen LogP contribution < -0.4 is 5.73 Å². The molecule has 1 fully saturated rings. The Hall–Kier alpha value is -2.34.